The zero-order valence-electron chi connectivity index (χ0n) is 20.5. The third-order valence-corrected chi connectivity index (χ3v) is 6.42. The predicted octanol–water partition coefficient (Wildman–Crippen LogP) is 6.77. The van der Waals surface area contributed by atoms with Crippen LogP contribution >= 0.6 is 0 Å². The van der Waals surface area contributed by atoms with Gasteiger partial charge in [0.25, 0.3) is 5.91 Å². The van der Waals surface area contributed by atoms with Gasteiger partial charge in [0.1, 0.15) is 11.1 Å². The van der Waals surface area contributed by atoms with Crippen LogP contribution in [0.1, 0.15) is 21.5 Å². The molecule has 0 spiro atoms. The molecule has 0 radical (unpaired) electrons. The standard InChI is InChI=1S/C31H23N3O4/c1-19-11-13-21(14-12-19)29-24-17-22(15-16-25(24)34-38-29)30(35)33-28-27(32-18-20-7-3-2-4-8-20)23-9-5-6-10-26(23)37-31(28)36/h2-17,32H,18H2,1H3,(H,33,35). The molecule has 2 heterocycles. The normalized spacial score (nSPS) is 11.1. The van der Waals surface area contributed by atoms with Crippen LogP contribution in [0.4, 0.5) is 11.4 Å². The quantitative estimate of drug-likeness (QED) is 0.244. The highest BCUT2D eigenvalue weighted by Gasteiger charge is 2.19. The lowest BCUT2D eigenvalue weighted by Gasteiger charge is -2.14. The van der Waals surface area contributed by atoms with Crippen LogP contribution < -0.4 is 16.3 Å². The molecule has 7 nitrogen and oxygen atoms in total. The molecule has 0 aliphatic heterocycles. The monoisotopic (exact) mass is 501 g/mol. The zero-order chi connectivity index (χ0) is 26.1. The van der Waals surface area contributed by atoms with Crippen LogP contribution in [0.2, 0.25) is 0 Å². The molecule has 2 aromatic heterocycles. The minimum atomic E-state index is -0.640. The Hall–Kier alpha value is -5.17. The Morgan fingerprint density at radius 2 is 1.61 bits per heavy atom. The first-order chi connectivity index (χ1) is 18.6. The predicted molar refractivity (Wildman–Crippen MR) is 148 cm³/mol. The van der Waals surface area contributed by atoms with E-state index in [2.05, 4.69) is 15.8 Å². The number of fused-ring (bicyclic) bond motifs is 2. The summed E-state index contributed by atoms with van der Waals surface area (Å²) in [7, 11) is 0. The van der Waals surface area contributed by atoms with Gasteiger partial charge < -0.3 is 19.6 Å². The van der Waals surface area contributed by atoms with Gasteiger partial charge in [-0.15, -0.1) is 0 Å². The van der Waals surface area contributed by atoms with Gasteiger partial charge in [-0.3, -0.25) is 4.79 Å². The van der Waals surface area contributed by atoms with Crippen molar-refractivity contribution in [3.63, 3.8) is 0 Å². The van der Waals surface area contributed by atoms with Crippen molar-refractivity contribution in [3.05, 3.63) is 124 Å². The first kappa shape index (κ1) is 23.2. The molecule has 0 aliphatic rings. The van der Waals surface area contributed by atoms with Gasteiger partial charge in [-0.1, -0.05) is 77.5 Å². The molecule has 0 unspecified atom stereocenters. The van der Waals surface area contributed by atoms with Crippen molar-refractivity contribution in [1.29, 1.82) is 0 Å². The molecule has 38 heavy (non-hydrogen) atoms. The van der Waals surface area contributed by atoms with Crippen molar-refractivity contribution in [3.8, 4) is 11.3 Å². The Morgan fingerprint density at radius 1 is 0.842 bits per heavy atom. The van der Waals surface area contributed by atoms with Crippen LogP contribution in [0.25, 0.3) is 33.2 Å². The number of aromatic nitrogens is 1. The van der Waals surface area contributed by atoms with E-state index in [9.17, 15) is 9.59 Å². The van der Waals surface area contributed by atoms with E-state index in [1.165, 1.54) is 0 Å². The zero-order valence-corrected chi connectivity index (χ0v) is 20.5. The Morgan fingerprint density at radius 3 is 2.42 bits per heavy atom. The van der Waals surface area contributed by atoms with Crippen molar-refractivity contribution in [2.45, 2.75) is 13.5 Å². The van der Waals surface area contributed by atoms with Crippen LogP contribution in [0.3, 0.4) is 0 Å². The number of nitrogens with one attached hydrogen (secondary N) is 2. The Kier molecular flexibility index (Phi) is 5.94. The minimum Gasteiger partial charge on any atom is -0.421 e. The fourth-order valence-corrected chi connectivity index (χ4v) is 4.41. The molecule has 0 bridgehead atoms. The lowest BCUT2D eigenvalue weighted by Crippen LogP contribution is -2.20. The number of carbonyl (C=O) groups is 1. The number of benzene rings is 4. The summed E-state index contributed by atoms with van der Waals surface area (Å²) < 4.78 is 11.1. The maximum absolute atomic E-state index is 13.4. The number of aryl methyl sites for hydroxylation is 1. The van der Waals surface area contributed by atoms with E-state index in [1.807, 2.05) is 73.7 Å². The highest BCUT2D eigenvalue weighted by atomic mass is 16.5. The van der Waals surface area contributed by atoms with Crippen LogP contribution in [-0.2, 0) is 6.54 Å². The maximum atomic E-state index is 13.4. The van der Waals surface area contributed by atoms with E-state index in [4.69, 9.17) is 8.94 Å². The summed E-state index contributed by atoms with van der Waals surface area (Å²) in [4.78, 5) is 26.4. The van der Waals surface area contributed by atoms with Gasteiger partial charge in [0.05, 0.1) is 11.1 Å². The average molecular weight is 502 g/mol. The van der Waals surface area contributed by atoms with E-state index in [1.54, 1.807) is 30.3 Å². The van der Waals surface area contributed by atoms with Crippen LogP contribution in [0.15, 0.2) is 111 Å². The second kappa shape index (κ2) is 9.71. The number of amides is 1. The van der Waals surface area contributed by atoms with Crippen molar-refractivity contribution in [2.75, 3.05) is 10.6 Å². The van der Waals surface area contributed by atoms with Gasteiger partial charge in [-0.2, -0.15) is 0 Å². The molecule has 4 aromatic carbocycles. The van der Waals surface area contributed by atoms with Crippen molar-refractivity contribution >= 4 is 39.2 Å². The summed E-state index contributed by atoms with van der Waals surface area (Å²) in [5.74, 6) is 0.124. The third-order valence-electron chi connectivity index (χ3n) is 6.42. The second-order valence-electron chi connectivity index (χ2n) is 9.04. The van der Waals surface area contributed by atoms with Crippen molar-refractivity contribution in [1.82, 2.24) is 5.16 Å². The molecule has 0 saturated carbocycles. The largest absolute Gasteiger partial charge is 0.421 e. The van der Waals surface area contributed by atoms with E-state index in [0.29, 0.717) is 45.4 Å². The van der Waals surface area contributed by atoms with Crippen LogP contribution in [0, 0.1) is 6.92 Å². The Bertz CT molecular complexity index is 1840. The van der Waals surface area contributed by atoms with Gasteiger partial charge in [-0.25, -0.2) is 4.79 Å². The van der Waals surface area contributed by atoms with Gasteiger partial charge in [0.15, 0.2) is 11.4 Å². The molecule has 0 aliphatic carbocycles. The molecule has 0 fully saturated rings. The summed E-state index contributed by atoms with van der Waals surface area (Å²) in [6, 6.07) is 30.0. The molecule has 1 amide bonds. The number of para-hydroxylation sites is 1. The number of nitrogens with zero attached hydrogens (tertiary/aromatic N) is 1. The molecule has 2 N–H and O–H groups in total. The fourth-order valence-electron chi connectivity index (χ4n) is 4.41. The third kappa shape index (κ3) is 4.41. The van der Waals surface area contributed by atoms with E-state index in [-0.39, 0.29) is 5.69 Å². The van der Waals surface area contributed by atoms with Crippen LogP contribution in [0.5, 0.6) is 0 Å². The second-order valence-corrected chi connectivity index (χ2v) is 9.04. The van der Waals surface area contributed by atoms with Gasteiger partial charge >= 0.3 is 5.63 Å². The summed E-state index contributed by atoms with van der Waals surface area (Å²) in [5.41, 5.74) is 4.35. The summed E-state index contributed by atoms with van der Waals surface area (Å²) >= 11 is 0. The summed E-state index contributed by atoms with van der Waals surface area (Å²) in [6.07, 6.45) is 0. The number of rotatable bonds is 6. The fraction of sp³-hybridized carbons (Fsp3) is 0.0645. The van der Waals surface area contributed by atoms with E-state index in [0.717, 1.165) is 16.7 Å². The SMILES string of the molecule is Cc1ccc(-c2onc3ccc(C(=O)Nc4c(NCc5ccccc5)c5ccccc5oc4=O)cc23)cc1. The summed E-state index contributed by atoms with van der Waals surface area (Å²) in [6.45, 7) is 2.47. The van der Waals surface area contributed by atoms with Crippen LogP contribution in [-0.4, -0.2) is 11.1 Å². The molecule has 0 atom stereocenters. The molecule has 6 rings (SSSR count). The highest BCUT2D eigenvalue weighted by molar-refractivity contribution is 6.10. The lowest BCUT2D eigenvalue weighted by atomic mass is 10.0. The first-order valence-corrected chi connectivity index (χ1v) is 12.2. The molecular weight excluding hydrogens is 478 g/mol. The van der Waals surface area contributed by atoms with E-state index < -0.39 is 11.5 Å². The molecular formula is C31H23N3O4. The Balaban J connectivity index is 1.37. The number of hydrogen-bond donors (Lipinski definition) is 2. The van der Waals surface area contributed by atoms with Crippen molar-refractivity contribution < 1.29 is 13.7 Å². The number of carbonyl (C=O) groups excluding carboxylic acids is 1. The van der Waals surface area contributed by atoms with Gasteiger partial charge in [-0.05, 0) is 42.8 Å². The molecule has 186 valence electrons. The highest BCUT2D eigenvalue weighted by Crippen LogP contribution is 2.32. The van der Waals surface area contributed by atoms with Gasteiger partial charge in [0, 0.05) is 23.1 Å². The van der Waals surface area contributed by atoms with Crippen molar-refractivity contribution in [2.24, 2.45) is 0 Å². The smallest absolute Gasteiger partial charge is 0.362 e. The average Bonchev–Trinajstić information content (AvgIpc) is 3.37. The molecule has 0 saturated heterocycles. The lowest BCUT2D eigenvalue weighted by molar-refractivity contribution is 0.102. The summed E-state index contributed by atoms with van der Waals surface area (Å²) in [5, 5.41) is 11.6. The minimum absolute atomic E-state index is 0.0498. The topological polar surface area (TPSA) is 97.4 Å². The first-order valence-electron chi connectivity index (χ1n) is 12.2. The molecule has 6 aromatic rings. The molecule has 7 heteroatoms. The van der Waals surface area contributed by atoms with Gasteiger partial charge in [0.2, 0.25) is 0 Å². The number of hydrogen-bond acceptors (Lipinski definition) is 6. The Labute approximate surface area is 217 Å². The van der Waals surface area contributed by atoms with E-state index >= 15 is 0 Å². The number of anilines is 2. The maximum Gasteiger partial charge on any atom is 0.362 e.